The number of aromatic nitrogens is 2. The van der Waals surface area contributed by atoms with Crippen LogP contribution in [0.1, 0.15) is 25.1 Å². The van der Waals surface area contributed by atoms with Crippen LogP contribution in [-0.4, -0.2) is 38.4 Å². The number of rotatable bonds is 7. The molecule has 96 valence electrons. The average molecular weight is 274 g/mol. The van der Waals surface area contributed by atoms with Crippen LogP contribution < -0.4 is 0 Å². The Labute approximate surface area is 110 Å². The molecule has 0 spiro atoms. The highest BCUT2D eigenvalue weighted by atomic mass is 32.2. The second-order valence-corrected chi connectivity index (χ2v) is 5.61. The molecule has 1 heterocycles. The van der Waals surface area contributed by atoms with Crippen LogP contribution in [0.3, 0.4) is 0 Å². The van der Waals surface area contributed by atoms with Gasteiger partial charge >= 0.3 is 5.97 Å². The quantitative estimate of drug-likeness (QED) is 0.775. The first-order valence-electron chi connectivity index (χ1n) is 5.47. The van der Waals surface area contributed by atoms with Crippen LogP contribution in [0.2, 0.25) is 0 Å². The molecule has 6 heteroatoms. The molecule has 0 aliphatic carbocycles. The summed E-state index contributed by atoms with van der Waals surface area (Å²) in [5, 5.41) is 9.52. The van der Waals surface area contributed by atoms with Crippen molar-refractivity contribution in [3.05, 3.63) is 11.9 Å². The van der Waals surface area contributed by atoms with Crippen LogP contribution >= 0.6 is 23.5 Å². The van der Waals surface area contributed by atoms with E-state index in [0.717, 1.165) is 23.0 Å². The first-order chi connectivity index (χ1) is 8.10. The van der Waals surface area contributed by atoms with Crippen molar-refractivity contribution in [2.75, 3.05) is 17.8 Å². The molecule has 1 N–H and O–H groups in total. The summed E-state index contributed by atoms with van der Waals surface area (Å²) in [6, 6.07) is 0.392. The van der Waals surface area contributed by atoms with Crippen molar-refractivity contribution in [3.63, 3.8) is 0 Å². The molecule has 0 aliphatic heterocycles. The number of imidazole rings is 1. The molecule has 4 nitrogen and oxygen atoms in total. The highest BCUT2D eigenvalue weighted by Crippen LogP contribution is 2.26. The number of aryl methyl sites for hydroxylation is 1. The number of carbonyl (C=O) groups is 1. The third kappa shape index (κ3) is 3.96. The Balaban J connectivity index is 2.87. The minimum Gasteiger partial charge on any atom is -0.481 e. The van der Waals surface area contributed by atoms with E-state index in [9.17, 15) is 4.79 Å². The molecule has 0 bridgehead atoms. The zero-order chi connectivity index (χ0) is 12.8. The maximum absolute atomic E-state index is 10.6. The topological polar surface area (TPSA) is 55.1 Å². The fraction of sp³-hybridized carbons (Fsp3) is 0.636. The maximum atomic E-state index is 10.6. The number of hydrogen-bond acceptors (Lipinski definition) is 4. The summed E-state index contributed by atoms with van der Waals surface area (Å²) in [7, 11) is 0. The van der Waals surface area contributed by atoms with Crippen molar-refractivity contribution >= 4 is 29.5 Å². The molecular formula is C11H18N2O2S2. The third-order valence-electron chi connectivity index (χ3n) is 2.47. The monoisotopic (exact) mass is 274 g/mol. The number of carboxylic acids is 1. The summed E-state index contributed by atoms with van der Waals surface area (Å²) in [6.07, 6.45) is 4.92. The van der Waals surface area contributed by atoms with Gasteiger partial charge in [-0.1, -0.05) is 18.7 Å². The van der Waals surface area contributed by atoms with E-state index < -0.39 is 5.97 Å². The first kappa shape index (κ1) is 14.4. The summed E-state index contributed by atoms with van der Waals surface area (Å²) < 4.78 is 2.16. The number of nitrogens with zero attached hydrogens (tertiary/aromatic N) is 2. The Morgan fingerprint density at radius 3 is 2.88 bits per heavy atom. The Hall–Kier alpha value is -0.620. The largest absolute Gasteiger partial charge is 0.481 e. The van der Waals surface area contributed by atoms with Gasteiger partial charge in [0.1, 0.15) is 0 Å². The zero-order valence-corrected chi connectivity index (χ0v) is 12.0. The van der Waals surface area contributed by atoms with Crippen molar-refractivity contribution in [1.82, 2.24) is 9.55 Å². The lowest BCUT2D eigenvalue weighted by Gasteiger charge is -2.19. The summed E-state index contributed by atoms with van der Waals surface area (Å²) in [4.78, 5) is 14.9. The lowest BCUT2D eigenvalue weighted by atomic mass is 10.2. The molecule has 0 radical (unpaired) electrons. The number of aliphatic carboxylic acids is 1. The molecule has 1 aromatic heterocycles. The van der Waals surface area contributed by atoms with E-state index in [0.29, 0.717) is 6.04 Å². The van der Waals surface area contributed by atoms with Gasteiger partial charge in [-0.25, -0.2) is 4.98 Å². The molecule has 0 amide bonds. The molecule has 0 saturated carbocycles. The number of carboxylic acid groups (broad SMARTS) is 1. The maximum Gasteiger partial charge on any atom is 0.313 e. The molecule has 0 aromatic carbocycles. The SMILES string of the molecule is CCC(CSC)n1c(C)cnc1SCC(=O)O. The zero-order valence-electron chi connectivity index (χ0n) is 10.3. The van der Waals surface area contributed by atoms with Gasteiger partial charge in [0.2, 0.25) is 0 Å². The van der Waals surface area contributed by atoms with Crippen LogP contribution in [0, 0.1) is 6.92 Å². The molecule has 17 heavy (non-hydrogen) atoms. The van der Waals surface area contributed by atoms with Gasteiger partial charge in [-0.15, -0.1) is 0 Å². The number of hydrogen-bond donors (Lipinski definition) is 1. The third-order valence-corrected chi connectivity index (χ3v) is 4.14. The minimum atomic E-state index is -0.805. The highest BCUT2D eigenvalue weighted by molar-refractivity contribution is 7.99. The predicted octanol–water partition coefficient (Wildman–Crippen LogP) is 2.68. The summed E-state index contributed by atoms with van der Waals surface area (Å²) in [6.45, 7) is 4.16. The van der Waals surface area contributed by atoms with Crippen molar-refractivity contribution in [3.8, 4) is 0 Å². The van der Waals surface area contributed by atoms with Crippen LogP contribution in [0.15, 0.2) is 11.4 Å². The smallest absolute Gasteiger partial charge is 0.313 e. The Bertz CT molecular complexity index is 380. The minimum absolute atomic E-state index is 0.0617. The van der Waals surface area contributed by atoms with Crippen LogP contribution in [0.4, 0.5) is 0 Å². The Kier molecular flexibility index (Phi) is 5.91. The highest BCUT2D eigenvalue weighted by Gasteiger charge is 2.16. The van der Waals surface area contributed by atoms with Crippen molar-refractivity contribution in [2.24, 2.45) is 0 Å². The van der Waals surface area contributed by atoms with E-state index in [-0.39, 0.29) is 5.75 Å². The van der Waals surface area contributed by atoms with E-state index in [1.165, 1.54) is 11.8 Å². The second kappa shape index (κ2) is 6.96. The Morgan fingerprint density at radius 1 is 1.65 bits per heavy atom. The van der Waals surface area contributed by atoms with Gasteiger partial charge in [-0.2, -0.15) is 11.8 Å². The average Bonchev–Trinajstić information content (AvgIpc) is 2.65. The molecule has 1 atom stereocenters. The van der Waals surface area contributed by atoms with Gasteiger partial charge in [0.05, 0.1) is 5.75 Å². The van der Waals surface area contributed by atoms with Gasteiger partial charge in [0, 0.05) is 23.7 Å². The van der Waals surface area contributed by atoms with Crippen molar-refractivity contribution in [2.45, 2.75) is 31.5 Å². The predicted molar refractivity (Wildman–Crippen MR) is 73.0 cm³/mol. The van der Waals surface area contributed by atoms with E-state index in [2.05, 4.69) is 22.7 Å². The van der Waals surface area contributed by atoms with Gasteiger partial charge in [-0.3, -0.25) is 4.79 Å². The van der Waals surface area contributed by atoms with E-state index in [1.807, 2.05) is 13.1 Å². The van der Waals surface area contributed by atoms with Crippen molar-refractivity contribution in [1.29, 1.82) is 0 Å². The van der Waals surface area contributed by atoms with Crippen LogP contribution in [0.25, 0.3) is 0 Å². The van der Waals surface area contributed by atoms with Crippen LogP contribution in [-0.2, 0) is 4.79 Å². The summed E-state index contributed by atoms with van der Waals surface area (Å²) in [5.74, 6) is 0.278. The Morgan fingerprint density at radius 2 is 2.35 bits per heavy atom. The van der Waals surface area contributed by atoms with E-state index >= 15 is 0 Å². The fourth-order valence-corrected chi connectivity index (χ4v) is 3.25. The molecule has 1 rings (SSSR count). The lowest BCUT2D eigenvalue weighted by molar-refractivity contribution is -0.133. The van der Waals surface area contributed by atoms with E-state index in [1.54, 1.807) is 11.8 Å². The van der Waals surface area contributed by atoms with Gasteiger partial charge in [0.25, 0.3) is 0 Å². The lowest BCUT2D eigenvalue weighted by Crippen LogP contribution is -2.14. The fourth-order valence-electron chi connectivity index (χ4n) is 1.67. The van der Waals surface area contributed by atoms with Gasteiger partial charge < -0.3 is 9.67 Å². The summed E-state index contributed by atoms with van der Waals surface area (Å²) in [5.41, 5.74) is 1.10. The normalized spacial score (nSPS) is 12.6. The molecule has 0 saturated heterocycles. The molecule has 1 unspecified atom stereocenters. The van der Waals surface area contributed by atoms with Gasteiger partial charge in [0.15, 0.2) is 5.16 Å². The molecule has 0 aliphatic rings. The molecular weight excluding hydrogens is 256 g/mol. The summed E-state index contributed by atoms with van der Waals surface area (Å²) >= 11 is 3.09. The van der Waals surface area contributed by atoms with Crippen LogP contribution in [0.5, 0.6) is 0 Å². The molecule has 0 fully saturated rings. The standard InChI is InChI=1S/C11H18N2O2S2/c1-4-9(6-16-3)13-8(2)5-12-11(13)17-7-10(14)15/h5,9H,4,6-7H2,1-3H3,(H,14,15). The first-order valence-corrected chi connectivity index (χ1v) is 7.85. The molecule has 1 aromatic rings. The second-order valence-electron chi connectivity index (χ2n) is 3.75. The number of thioether (sulfide) groups is 2. The van der Waals surface area contributed by atoms with Gasteiger partial charge in [-0.05, 0) is 19.6 Å². The van der Waals surface area contributed by atoms with Crippen molar-refractivity contribution < 1.29 is 9.90 Å². The van der Waals surface area contributed by atoms with E-state index in [4.69, 9.17) is 5.11 Å².